The van der Waals surface area contributed by atoms with E-state index in [1.165, 1.54) is 6.42 Å². The fourth-order valence-electron chi connectivity index (χ4n) is 2.91. The molecule has 1 unspecified atom stereocenters. The van der Waals surface area contributed by atoms with E-state index in [0.29, 0.717) is 6.04 Å². The summed E-state index contributed by atoms with van der Waals surface area (Å²) in [5.41, 5.74) is 4.98. The molecule has 6 heteroatoms. The smallest absolute Gasteiger partial charge is 0.105 e. The first-order valence-corrected chi connectivity index (χ1v) is 8.13. The number of aryl methyl sites for hydroxylation is 1. The molecule has 5 nitrogen and oxygen atoms in total. The Kier molecular flexibility index (Phi) is 4.57. The molecular weight excluding hydrogens is 284 g/mol. The van der Waals surface area contributed by atoms with Crippen molar-refractivity contribution in [1.29, 1.82) is 0 Å². The fourth-order valence-corrected chi connectivity index (χ4v) is 3.72. The monoisotopic (exact) mass is 304 g/mol. The summed E-state index contributed by atoms with van der Waals surface area (Å²) in [6.45, 7) is 4.83. The SMILES string of the molecule is COCCN1CCCC1c1nccnc1-c1scnc1C. The molecule has 112 valence electrons. The van der Waals surface area contributed by atoms with Crippen molar-refractivity contribution in [3.8, 4) is 10.6 Å². The van der Waals surface area contributed by atoms with E-state index in [1.807, 2.05) is 12.4 Å². The van der Waals surface area contributed by atoms with Crippen LogP contribution < -0.4 is 0 Å². The third-order valence-corrected chi connectivity index (χ3v) is 4.88. The van der Waals surface area contributed by atoms with Crippen molar-refractivity contribution in [1.82, 2.24) is 19.9 Å². The fraction of sp³-hybridized carbons (Fsp3) is 0.533. The highest BCUT2D eigenvalue weighted by atomic mass is 32.1. The van der Waals surface area contributed by atoms with Gasteiger partial charge in [0.25, 0.3) is 0 Å². The normalized spacial score (nSPS) is 19.2. The number of aromatic nitrogens is 3. The summed E-state index contributed by atoms with van der Waals surface area (Å²) in [7, 11) is 1.75. The van der Waals surface area contributed by atoms with Gasteiger partial charge < -0.3 is 4.74 Å². The zero-order valence-corrected chi connectivity index (χ0v) is 13.3. The van der Waals surface area contributed by atoms with Crippen LogP contribution >= 0.6 is 11.3 Å². The van der Waals surface area contributed by atoms with Crippen molar-refractivity contribution in [2.45, 2.75) is 25.8 Å². The number of rotatable bonds is 5. The Hall–Kier alpha value is -1.37. The molecule has 1 aliphatic heterocycles. The number of methoxy groups -OCH3 is 1. The maximum absolute atomic E-state index is 5.22. The van der Waals surface area contributed by atoms with Gasteiger partial charge in [0, 0.05) is 26.0 Å². The minimum absolute atomic E-state index is 0.338. The molecule has 0 aliphatic carbocycles. The lowest BCUT2D eigenvalue weighted by Crippen LogP contribution is -2.28. The number of hydrogen-bond acceptors (Lipinski definition) is 6. The lowest BCUT2D eigenvalue weighted by Gasteiger charge is -2.24. The summed E-state index contributed by atoms with van der Waals surface area (Å²) in [5.74, 6) is 0. The topological polar surface area (TPSA) is 51.1 Å². The standard InChI is InChI=1S/C15H20N4OS/c1-11-15(21-10-18-11)14-13(16-5-6-17-14)12-4-3-7-19(12)8-9-20-2/h5-6,10,12H,3-4,7-9H2,1-2H3. The molecule has 3 heterocycles. The van der Waals surface area contributed by atoms with E-state index >= 15 is 0 Å². The van der Waals surface area contributed by atoms with Crippen LogP contribution in [0.25, 0.3) is 10.6 Å². The second kappa shape index (κ2) is 6.60. The highest BCUT2D eigenvalue weighted by molar-refractivity contribution is 7.13. The molecule has 2 aromatic heterocycles. The van der Waals surface area contributed by atoms with E-state index in [-0.39, 0.29) is 0 Å². The summed E-state index contributed by atoms with van der Waals surface area (Å²) < 4.78 is 5.22. The number of hydrogen-bond donors (Lipinski definition) is 0. The van der Waals surface area contributed by atoms with Crippen molar-refractivity contribution in [3.63, 3.8) is 0 Å². The molecule has 0 aromatic carbocycles. The first kappa shape index (κ1) is 14.6. The van der Waals surface area contributed by atoms with E-state index in [2.05, 4.69) is 19.9 Å². The number of thiazole rings is 1. The molecule has 0 radical (unpaired) electrons. The quantitative estimate of drug-likeness (QED) is 0.850. The molecule has 1 atom stereocenters. The highest BCUT2D eigenvalue weighted by Gasteiger charge is 2.30. The molecule has 1 aliphatic rings. The summed E-state index contributed by atoms with van der Waals surface area (Å²) >= 11 is 1.64. The molecule has 1 saturated heterocycles. The van der Waals surface area contributed by atoms with Gasteiger partial charge in [0.05, 0.1) is 34.4 Å². The van der Waals surface area contributed by atoms with Crippen LogP contribution in [0, 0.1) is 6.92 Å². The van der Waals surface area contributed by atoms with Crippen LogP contribution in [-0.2, 0) is 4.74 Å². The number of nitrogens with zero attached hydrogens (tertiary/aromatic N) is 4. The van der Waals surface area contributed by atoms with Crippen LogP contribution in [0.5, 0.6) is 0 Å². The minimum Gasteiger partial charge on any atom is -0.383 e. The molecule has 0 saturated carbocycles. The van der Waals surface area contributed by atoms with Crippen LogP contribution in [0.1, 0.15) is 30.3 Å². The van der Waals surface area contributed by atoms with Gasteiger partial charge in [-0.1, -0.05) is 0 Å². The van der Waals surface area contributed by atoms with E-state index in [1.54, 1.807) is 30.8 Å². The molecule has 0 N–H and O–H groups in total. The van der Waals surface area contributed by atoms with Crippen molar-refractivity contribution < 1.29 is 4.74 Å². The molecule has 0 spiro atoms. The predicted molar refractivity (Wildman–Crippen MR) is 83.3 cm³/mol. The molecule has 0 bridgehead atoms. The Labute approximate surface area is 129 Å². The second-order valence-corrected chi connectivity index (χ2v) is 6.10. The molecule has 1 fully saturated rings. The molecule has 2 aromatic rings. The number of likely N-dealkylation sites (tertiary alicyclic amines) is 1. The number of ether oxygens (including phenoxy) is 1. The zero-order chi connectivity index (χ0) is 14.7. The highest BCUT2D eigenvalue weighted by Crippen LogP contribution is 2.37. The minimum atomic E-state index is 0.338. The van der Waals surface area contributed by atoms with Gasteiger partial charge in [-0.25, -0.2) is 4.98 Å². The summed E-state index contributed by atoms with van der Waals surface area (Å²) in [4.78, 5) is 17.2. The Bertz CT molecular complexity index is 601. The van der Waals surface area contributed by atoms with Crippen LogP contribution in [-0.4, -0.2) is 46.7 Å². The van der Waals surface area contributed by atoms with E-state index < -0.39 is 0 Å². The predicted octanol–water partition coefficient (Wildman–Crippen LogP) is 2.69. The third-order valence-electron chi connectivity index (χ3n) is 3.95. The van der Waals surface area contributed by atoms with Crippen LogP contribution in [0.3, 0.4) is 0 Å². The van der Waals surface area contributed by atoms with Gasteiger partial charge in [0.15, 0.2) is 0 Å². The summed E-state index contributed by atoms with van der Waals surface area (Å²) in [5, 5.41) is 0. The van der Waals surface area contributed by atoms with Gasteiger partial charge in [-0.3, -0.25) is 14.9 Å². The molecule has 3 rings (SSSR count). The van der Waals surface area contributed by atoms with Crippen LogP contribution in [0.2, 0.25) is 0 Å². The first-order chi connectivity index (χ1) is 10.3. The largest absolute Gasteiger partial charge is 0.383 e. The Morgan fingerprint density at radius 1 is 1.33 bits per heavy atom. The van der Waals surface area contributed by atoms with Gasteiger partial charge in [0.2, 0.25) is 0 Å². The van der Waals surface area contributed by atoms with Crippen LogP contribution in [0.4, 0.5) is 0 Å². The van der Waals surface area contributed by atoms with Crippen molar-refractivity contribution >= 4 is 11.3 Å². The molecule has 0 amide bonds. The van der Waals surface area contributed by atoms with Gasteiger partial charge in [-0.05, 0) is 26.3 Å². The summed E-state index contributed by atoms with van der Waals surface area (Å²) in [6.07, 6.45) is 5.90. The average molecular weight is 304 g/mol. The van der Waals surface area contributed by atoms with Crippen molar-refractivity contribution in [2.24, 2.45) is 0 Å². The molecule has 21 heavy (non-hydrogen) atoms. The van der Waals surface area contributed by atoms with E-state index in [4.69, 9.17) is 4.74 Å². The van der Waals surface area contributed by atoms with E-state index in [9.17, 15) is 0 Å². The van der Waals surface area contributed by atoms with E-state index in [0.717, 1.165) is 48.1 Å². The zero-order valence-electron chi connectivity index (χ0n) is 12.5. The van der Waals surface area contributed by atoms with Gasteiger partial charge in [-0.2, -0.15) is 0 Å². The van der Waals surface area contributed by atoms with Crippen molar-refractivity contribution in [3.05, 3.63) is 29.3 Å². The van der Waals surface area contributed by atoms with Gasteiger partial charge >= 0.3 is 0 Å². The van der Waals surface area contributed by atoms with Crippen LogP contribution in [0.15, 0.2) is 17.9 Å². The first-order valence-electron chi connectivity index (χ1n) is 7.25. The lowest BCUT2D eigenvalue weighted by atomic mass is 10.1. The van der Waals surface area contributed by atoms with Gasteiger partial charge in [0.1, 0.15) is 5.69 Å². The second-order valence-electron chi connectivity index (χ2n) is 5.24. The van der Waals surface area contributed by atoms with Gasteiger partial charge in [-0.15, -0.1) is 11.3 Å². The maximum Gasteiger partial charge on any atom is 0.105 e. The Morgan fingerprint density at radius 3 is 2.95 bits per heavy atom. The average Bonchev–Trinajstić information content (AvgIpc) is 3.13. The maximum atomic E-state index is 5.22. The molecular formula is C15H20N4OS. The van der Waals surface area contributed by atoms with Crippen molar-refractivity contribution in [2.75, 3.05) is 26.8 Å². The Balaban J connectivity index is 1.93. The third kappa shape index (κ3) is 2.97. The summed E-state index contributed by atoms with van der Waals surface area (Å²) in [6, 6.07) is 0.338. The lowest BCUT2D eigenvalue weighted by molar-refractivity contribution is 0.140. The Morgan fingerprint density at radius 2 is 2.19 bits per heavy atom.